The number of unbranched alkanes of at least 4 members (excludes halogenated alkanes) is 12. The second kappa shape index (κ2) is 37.6. The van der Waals surface area contributed by atoms with Gasteiger partial charge in [-0.05, 0) is 52.9 Å². The van der Waals surface area contributed by atoms with Crippen molar-refractivity contribution in [3.63, 3.8) is 0 Å². The van der Waals surface area contributed by atoms with Crippen LogP contribution in [0.25, 0.3) is 0 Å². The van der Waals surface area contributed by atoms with Crippen molar-refractivity contribution in [1.82, 2.24) is 5.06 Å². The van der Waals surface area contributed by atoms with Gasteiger partial charge in [-0.25, -0.2) is 4.79 Å². The Balaban J connectivity index is 6.01. The van der Waals surface area contributed by atoms with Gasteiger partial charge in [0.05, 0.1) is 30.2 Å². The number of hydrogen-bond acceptors (Lipinski definition) is 13. The molecule has 14 nitrogen and oxygen atoms in total. The topological polar surface area (TPSA) is 170 Å². The standard InChI is InChI=1S/C51H93NO13/c1-12-16-20-24-29-39(5)46(54)59-35-43(36-60-47(55)40(6)30-25-21-17-13-2)63-45(53)33-28-34-52(50(58)64-51(9,10)11)65-44(37-61-48(56)41(7)31-26-22-18-14-3)38-62-49(57)42(8)32-27-23-19-15-4/h39-44H,12-38H2,1-11H3. The molecule has 1 amide bonds. The van der Waals surface area contributed by atoms with E-state index in [0.717, 1.165) is 108 Å². The Morgan fingerprint density at radius 1 is 0.446 bits per heavy atom. The Hall–Kier alpha value is -3.42. The summed E-state index contributed by atoms with van der Waals surface area (Å²) in [4.78, 5) is 84.8. The van der Waals surface area contributed by atoms with Crippen molar-refractivity contribution in [3.05, 3.63) is 0 Å². The average Bonchev–Trinajstić information content (AvgIpc) is 3.26. The molecule has 0 aromatic rings. The van der Waals surface area contributed by atoms with Gasteiger partial charge < -0.3 is 28.4 Å². The fourth-order valence-corrected chi connectivity index (χ4v) is 6.77. The van der Waals surface area contributed by atoms with Crippen LogP contribution in [0.4, 0.5) is 4.79 Å². The zero-order valence-corrected chi connectivity index (χ0v) is 42.8. The van der Waals surface area contributed by atoms with Crippen molar-refractivity contribution in [2.75, 3.05) is 33.0 Å². The molecular weight excluding hydrogens is 835 g/mol. The van der Waals surface area contributed by atoms with E-state index in [4.69, 9.17) is 33.3 Å². The molecule has 4 unspecified atom stereocenters. The number of carbonyl (C=O) groups is 6. The zero-order valence-electron chi connectivity index (χ0n) is 42.8. The van der Waals surface area contributed by atoms with Gasteiger partial charge in [0, 0.05) is 6.42 Å². The zero-order chi connectivity index (χ0) is 49.0. The van der Waals surface area contributed by atoms with Crippen LogP contribution in [0.1, 0.15) is 217 Å². The van der Waals surface area contributed by atoms with Gasteiger partial charge >= 0.3 is 35.9 Å². The third kappa shape index (κ3) is 32.8. The monoisotopic (exact) mass is 928 g/mol. The maximum atomic E-state index is 13.5. The van der Waals surface area contributed by atoms with Crippen LogP contribution in [0.2, 0.25) is 0 Å². The minimum Gasteiger partial charge on any atom is -0.462 e. The van der Waals surface area contributed by atoms with Crippen LogP contribution in [0, 0.1) is 23.7 Å². The number of rotatable bonds is 39. The molecule has 4 atom stereocenters. The maximum Gasteiger partial charge on any atom is 0.434 e. The molecule has 0 aliphatic heterocycles. The molecular formula is C51H93NO13. The van der Waals surface area contributed by atoms with Gasteiger partial charge in [0.2, 0.25) is 0 Å². The molecule has 0 spiro atoms. The van der Waals surface area contributed by atoms with Crippen molar-refractivity contribution < 1.29 is 62.0 Å². The van der Waals surface area contributed by atoms with Crippen molar-refractivity contribution in [3.8, 4) is 0 Å². The third-order valence-corrected chi connectivity index (χ3v) is 11.1. The quantitative estimate of drug-likeness (QED) is 0.0247. The summed E-state index contributed by atoms with van der Waals surface area (Å²) in [6.45, 7) is 19.5. The van der Waals surface area contributed by atoms with Crippen LogP contribution in [0.15, 0.2) is 0 Å². The average molecular weight is 928 g/mol. The van der Waals surface area contributed by atoms with Gasteiger partial charge in [-0.2, -0.15) is 5.06 Å². The fraction of sp³-hybridized carbons (Fsp3) is 0.882. The Morgan fingerprint density at radius 2 is 0.769 bits per heavy atom. The van der Waals surface area contributed by atoms with Crippen LogP contribution in [-0.4, -0.2) is 91.8 Å². The minimum absolute atomic E-state index is 0.0455. The molecule has 0 aromatic heterocycles. The molecule has 14 heteroatoms. The molecule has 0 saturated carbocycles. The molecule has 0 fully saturated rings. The molecule has 0 aliphatic carbocycles. The van der Waals surface area contributed by atoms with E-state index >= 15 is 0 Å². The molecule has 0 N–H and O–H groups in total. The molecule has 380 valence electrons. The predicted molar refractivity (Wildman–Crippen MR) is 252 cm³/mol. The first-order chi connectivity index (χ1) is 30.9. The lowest BCUT2D eigenvalue weighted by atomic mass is 10.0. The smallest absolute Gasteiger partial charge is 0.434 e. The SMILES string of the molecule is CCCCCCC(C)C(=O)OCC(COC(=O)C(C)CCCCCC)OC(=O)CCCN(OC(COC(=O)C(C)CCCCCC)COC(=O)C(C)CCCCCC)C(=O)OC(C)(C)C. The molecule has 0 rings (SSSR count). The first kappa shape index (κ1) is 61.6. The van der Waals surface area contributed by atoms with Crippen LogP contribution in [0.3, 0.4) is 0 Å². The number of amides is 1. The fourth-order valence-electron chi connectivity index (χ4n) is 6.77. The summed E-state index contributed by atoms with van der Waals surface area (Å²) in [6, 6.07) is 0. The Bertz CT molecular complexity index is 1230. The second-order valence-electron chi connectivity index (χ2n) is 19.0. The predicted octanol–water partition coefficient (Wildman–Crippen LogP) is 11.8. The molecule has 65 heavy (non-hydrogen) atoms. The Kier molecular flexibility index (Phi) is 35.7. The molecule has 0 bridgehead atoms. The van der Waals surface area contributed by atoms with E-state index in [0.29, 0.717) is 25.7 Å². The molecule has 0 radical (unpaired) electrons. The summed E-state index contributed by atoms with van der Waals surface area (Å²) >= 11 is 0. The molecule has 0 heterocycles. The van der Waals surface area contributed by atoms with Crippen molar-refractivity contribution in [2.45, 2.75) is 235 Å². The highest BCUT2D eigenvalue weighted by molar-refractivity contribution is 5.74. The largest absolute Gasteiger partial charge is 0.462 e. The lowest BCUT2D eigenvalue weighted by Gasteiger charge is -2.30. The lowest BCUT2D eigenvalue weighted by Crippen LogP contribution is -2.43. The van der Waals surface area contributed by atoms with Crippen molar-refractivity contribution in [2.24, 2.45) is 23.7 Å². The van der Waals surface area contributed by atoms with Crippen LogP contribution in [0.5, 0.6) is 0 Å². The van der Waals surface area contributed by atoms with Crippen LogP contribution < -0.4 is 0 Å². The van der Waals surface area contributed by atoms with Gasteiger partial charge in [-0.1, -0.05) is 158 Å². The molecule has 0 aliphatic rings. The van der Waals surface area contributed by atoms with E-state index < -0.39 is 53.7 Å². The number of hydroxylamine groups is 2. The van der Waals surface area contributed by atoms with Crippen LogP contribution in [-0.2, 0) is 57.2 Å². The highest BCUT2D eigenvalue weighted by Gasteiger charge is 2.30. The van der Waals surface area contributed by atoms with E-state index in [1.165, 1.54) is 0 Å². The number of nitrogens with zero attached hydrogens (tertiary/aromatic N) is 1. The van der Waals surface area contributed by atoms with E-state index in [1.807, 2.05) is 0 Å². The summed E-state index contributed by atoms with van der Waals surface area (Å²) < 4.78 is 33.8. The first-order valence-corrected chi connectivity index (χ1v) is 25.4. The number of carbonyl (C=O) groups excluding carboxylic acids is 6. The number of ether oxygens (including phenoxy) is 6. The summed E-state index contributed by atoms with van der Waals surface area (Å²) in [5.74, 6) is -3.78. The van der Waals surface area contributed by atoms with E-state index in [9.17, 15) is 28.8 Å². The van der Waals surface area contributed by atoms with Gasteiger partial charge in [-0.15, -0.1) is 0 Å². The summed E-state index contributed by atoms with van der Waals surface area (Å²) in [5.41, 5.74) is -0.908. The normalized spacial score (nSPS) is 14.3. The summed E-state index contributed by atoms with van der Waals surface area (Å²) in [7, 11) is 0. The van der Waals surface area contributed by atoms with Gasteiger partial charge in [-0.3, -0.25) is 28.8 Å². The van der Waals surface area contributed by atoms with E-state index in [-0.39, 0.29) is 69.5 Å². The highest BCUT2D eigenvalue weighted by atomic mass is 16.7. The number of hydrogen-bond donors (Lipinski definition) is 0. The van der Waals surface area contributed by atoms with E-state index in [1.54, 1.807) is 48.5 Å². The molecule has 0 saturated heterocycles. The van der Waals surface area contributed by atoms with E-state index in [2.05, 4.69) is 27.7 Å². The third-order valence-electron chi connectivity index (χ3n) is 11.1. The Labute approximate surface area is 393 Å². The minimum atomic E-state index is -1.07. The molecule has 0 aromatic carbocycles. The van der Waals surface area contributed by atoms with Gasteiger partial charge in [0.1, 0.15) is 32.0 Å². The van der Waals surface area contributed by atoms with Gasteiger partial charge in [0.15, 0.2) is 12.2 Å². The lowest BCUT2D eigenvalue weighted by molar-refractivity contribution is -0.211. The Morgan fingerprint density at radius 3 is 1.08 bits per heavy atom. The maximum absolute atomic E-state index is 13.5. The summed E-state index contributed by atoms with van der Waals surface area (Å²) in [6.07, 6.45) is 15.9. The van der Waals surface area contributed by atoms with Gasteiger partial charge in [0.25, 0.3) is 0 Å². The van der Waals surface area contributed by atoms with Crippen molar-refractivity contribution >= 4 is 35.9 Å². The highest BCUT2D eigenvalue weighted by Crippen LogP contribution is 2.19. The van der Waals surface area contributed by atoms with Crippen molar-refractivity contribution in [1.29, 1.82) is 0 Å². The second-order valence-corrected chi connectivity index (χ2v) is 19.0. The first-order valence-electron chi connectivity index (χ1n) is 25.4. The summed E-state index contributed by atoms with van der Waals surface area (Å²) in [5, 5.41) is 0.943. The number of esters is 5. The van der Waals surface area contributed by atoms with Crippen LogP contribution >= 0.6 is 0 Å².